The molecule has 1 aromatic carbocycles. The minimum absolute atomic E-state index is 0.281. The molecule has 1 aromatic rings. The van der Waals surface area contributed by atoms with Gasteiger partial charge in [-0.1, -0.05) is 18.2 Å². The Morgan fingerprint density at radius 2 is 1.95 bits per heavy atom. The molecule has 0 amide bonds. The monoisotopic (exact) mass is 300 g/mol. The topological polar surface area (TPSA) is 59.1 Å². The predicted molar refractivity (Wildman–Crippen MR) is 75.8 cm³/mol. The zero-order chi connectivity index (χ0) is 14.6. The summed E-state index contributed by atoms with van der Waals surface area (Å²) in [4.78, 5) is 0. The maximum atomic E-state index is 12.4. The normalized spacial score (nSPS) is 17.4. The minimum atomic E-state index is -3.45. The van der Waals surface area contributed by atoms with E-state index in [2.05, 4.69) is 0 Å². The Kier molecular flexibility index (Phi) is 4.98. The third kappa shape index (κ3) is 3.29. The van der Waals surface area contributed by atoms with Crippen LogP contribution in [0.25, 0.3) is 0 Å². The van der Waals surface area contributed by atoms with Gasteiger partial charge in [-0.05, 0) is 6.07 Å². The fourth-order valence-electron chi connectivity index (χ4n) is 2.13. The van der Waals surface area contributed by atoms with Crippen LogP contribution < -0.4 is 4.74 Å². The number of benzene rings is 1. The molecule has 1 aliphatic rings. The highest BCUT2D eigenvalue weighted by Crippen LogP contribution is 2.21. The fourth-order valence-corrected chi connectivity index (χ4v) is 3.44. The standard InChI is InChI=1S/C13H20N2O4S/c1-14(11-12-5-3-4-6-13(12)18-2)20(16,17)15-7-9-19-10-8-15/h3-6H,7-11H2,1-2H3. The van der Waals surface area contributed by atoms with E-state index in [0.29, 0.717) is 32.1 Å². The van der Waals surface area contributed by atoms with Crippen LogP contribution in [-0.4, -0.2) is 57.5 Å². The average Bonchev–Trinajstić information content (AvgIpc) is 2.48. The van der Waals surface area contributed by atoms with Gasteiger partial charge in [0.1, 0.15) is 5.75 Å². The van der Waals surface area contributed by atoms with Crippen LogP contribution in [0.5, 0.6) is 5.75 Å². The number of ether oxygens (including phenoxy) is 2. The van der Waals surface area contributed by atoms with Crippen LogP contribution in [0.1, 0.15) is 5.56 Å². The molecule has 0 atom stereocenters. The van der Waals surface area contributed by atoms with Crippen LogP contribution in [0.15, 0.2) is 24.3 Å². The highest BCUT2D eigenvalue weighted by Gasteiger charge is 2.28. The van der Waals surface area contributed by atoms with Gasteiger partial charge in [0.05, 0.1) is 20.3 Å². The van der Waals surface area contributed by atoms with Gasteiger partial charge in [0.25, 0.3) is 10.2 Å². The molecule has 1 saturated heterocycles. The average molecular weight is 300 g/mol. The van der Waals surface area contributed by atoms with E-state index in [1.165, 1.54) is 8.61 Å². The molecule has 0 aromatic heterocycles. The van der Waals surface area contributed by atoms with Crippen molar-refractivity contribution in [3.8, 4) is 5.75 Å². The van der Waals surface area contributed by atoms with Crippen molar-refractivity contribution in [1.29, 1.82) is 0 Å². The van der Waals surface area contributed by atoms with Gasteiger partial charge >= 0.3 is 0 Å². The van der Waals surface area contributed by atoms with Gasteiger partial charge in [0.2, 0.25) is 0 Å². The molecule has 2 rings (SSSR count). The fraction of sp³-hybridized carbons (Fsp3) is 0.538. The summed E-state index contributed by atoms with van der Waals surface area (Å²) >= 11 is 0. The summed E-state index contributed by atoms with van der Waals surface area (Å²) < 4.78 is 38.1. The second-order valence-electron chi connectivity index (χ2n) is 4.59. The van der Waals surface area contributed by atoms with Crippen molar-refractivity contribution in [2.75, 3.05) is 40.5 Å². The highest BCUT2D eigenvalue weighted by molar-refractivity contribution is 7.86. The van der Waals surface area contributed by atoms with Crippen molar-refractivity contribution in [2.45, 2.75) is 6.54 Å². The molecule has 1 aliphatic heterocycles. The highest BCUT2D eigenvalue weighted by atomic mass is 32.2. The van der Waals surface area contributed by atoms with Crippen LogP contribution in [0.2, 0.25) is 0 Å². The molecule has 1 fully saturated rings. The Labute approximate surface area is 120 Å². The maximum absolute atomic E-state index is 12.4. The van der Waals surface area contributed by atoms with Crippen molar-refractivity contribution in [2.24, 2.45) is 0 Å². The molecule has 0 aliphatic carbocycles. The molecule has 20 heavy (non-hydrogen) atoms. The van der Waals surface area contributed by atoms with E-state index in [1.54, 1.807) is 14.2 Å². The molecular formula is C13H20N2O4S. The van der Waals surface area contributed by atoms with E-state index in [4.69, 9.17) is 9.47 Å². The van der Waals surface area contributed by atoms with Gasteiger partial charge in [-0.3, -0.25) is 0 Å². The SMILES string of the molecule is COc1ccccc1CN(C)S(=O)(=O)N1CCOCC1. The van der Waals surface area contributed by atoms with Crippen molar-refractivity contribution in [3.05, 3.63) is 29.8 Å². The number of hydrogen-bond acceptors (Lipinski definition) is 4. The number of rotatable bonds is 5. The smallest absolute Gasteiger partial charge is 0.282 e. The third-order valence-electron chi connectivity index (χ3n) is 3.28. The van der Waals surface area contributed by atoms with Gasteiger partial charge in [-0.2, -0.15) is 17.0 Å². The van der Waals surface area contributed by atoms with E-state index in [9.17, 15) is 8.42 Å². The lowest BCUT2D eigenvalue weighted by Gasteiger charge is -2.30. The lowest BCUT2D eigenvalue weighted by molar-refractivity contribution is 0.0705. The first-order valence-electron chi connectivity index (χ1n) is 6.47. The van der Waals surface area contributed by atoms with Gasteiger partial charge in [0, 0.05) is 32.2 Å². The maximum Gasteiger partial charge on any atom is 0.282 e. The van der Waals surface area contributed by atoms with Crippen molar-refractivity contribution < 1.29 is 17.9 Å². The van der Waals surface area contributed by atoms with E-state index in [-0.39, 0.29) is 6.54 Å². The van der Waals surface area contributed by atoms with Gasteiger partial charge < -0.3 is 9.47 Å². The Bertz CT molecular complexity index is 541. The van der Waals surface area contributed by atoms with Crippen LogP contribution in [0.4, 0.5) is 0 Å². The molecule has 0 unspecified atom stereocenters. The summed E-state index contributed by atoms with van der Waals surface area (Å²) in [5.41, 5.74) is 0.842. The summed E-state index contributed by atoms with van der Waals surface area (Å²) in [6, 6.07) is 7.42. The van der Waals surface area contributed by atoms with E-state index < -0.39 is 10.2 Å². The van der Waals surface area contributed by atoms with E-state index in [1.807, 2.05) is 24.3 Å². The molecule has 0 spiro atoms. The predicted octanol–water partition coefficient (Wildman–Crippen LogP) is 0.704. The second kappa shape index (κ2) is 6.53. The van der Waals surface area contributed by atoms with Crippen LogP contribution >= 0.6 is 0 Å². The second-order valence-corrected chi connectivity index (χ2v) is 6.62. The Morgan fingerprint density at radius 1 is 1.30 bits per heavy atom. The Morgan fingerprint density at radius 3 is 2.60 bits per heavy atom. The lowest BCUT2D eigenvalue weighted by Crippen LogP contribution is -2.47. The van der Waals surface area contributed by atoms with Gasteiger partial charge in [0.15, 0.2) is 0 Å². The first-order valence-corrected chi connectivity index (χ1v) is 7.86. The molecule has 0 bridgehead atoms. The Balaban J connectivity index is 2.12. The van der Waals surface area contributed by atoms with Crippen LogP contribution in [0, 0.1) is 0 Å². The zero-order valence-electron chi connectivity index (χ0n) is 11.8. The summed E-state index contributed by atoms with van der Waals surface area (Å²) in [5, 5.41) is 0. The first kappa shape index (κ1) is 15.2. The number of para-hydroxylation sites is 1. The summed E-state index contributed by atoms with van der Waals surface area (Å²) in [6.07, 6.45) is 0. The van der Waals surface area contributed by atoms with Crippen LogP contribution in [-0.2, 0) is 21.5 Å². The van der Waals surface area contributed by atoms with Crippen molar-refractivity contribution >= 4 is 10.2 Å². The summed E-state index contributed by atoms with van der Waals surface area (Å²) in [6.45, 7) is 1.98. The summed E-state index contributed by atoms with van der Waals surface area (Å²) in [5.74, 6) is 0.691. The molecule has 0 radical (unpaired) electrons. The molecule has 7 heteroatoms. The van der Waals surface area contributed by atoms with Gasteiger partial charge in [-0.25, -0.2) is 0 Å². The molecule has 112 valence electrons. The number of hydrogen-bond donors (Lipinski definition) is 0. The van der Waals surface area contributed by atoms with Gasteiger partial charge in [-0.15, -0.1) is 0 Å². The first-order chi connectivity index (χ1) is 9.55. The molecular weight excluding hydrogens is 280 g/mol. The molecule has 1 heterocycles. The third-order valence-corrected chi connectivity index (χ3v) is 5.21. The quantitative estimate of drug-likeness (QED) is 0.803. The van der Waals surface area contributed by atoms with Crippen molar-refractivity contribution in [1.82, 2.24) is 8.61 Å². The minimum Gasteiger partial charge on any atom is -0.496 e. The molecule has 0 saturated carbocycles. The number of methoxy groups -OCH3 is 1. The molecule has 6 nitrogen and oxygen atoms in total. The summed E-state index contributed by atoms with van der Waals surface area (Å²) in [7, 11) is -0.295. The lowest BCUT2D eigenvalue weighted by atomic mass is 10.2. The molecule has 0 N–H and O–H groups in total. The van der Waals surface area contributed by atoms with Crippen LogP contribution in [0.3, 0.4) is 0 Å². The largest absolute Gasteiger partial charge is 0.496 e. The number of morpholine rings is 1. The van der Waals surface area contributed by atoms with E-state index >= 15 is 0 Å². The Hall–Kier alpha value is -1.15. The number of nitrogens with zero attached hydrogens (tertiary/aromatic N) is 2. The zero-order valence-corrected chi connectivity index (χ0v) is 12.6. The van der Waals surface area contributed by atoms with E-state index in [0.717, 1.165) is 5.56 Å². The van der Waals surface area contributed by atoms with Crippen molar-refractivity contribution in [3.63, 3.8) is 0 Å².